The van der Waals surface area contributed by atoms with Crippen LogP contribution in [0.2, 0.25) is 0 Å². The minimum atomic E-state index is -0.112. The Hall–Kier alpha value is -2.93. The van der Waals surface area contributed by atoms with Crippen molar-refractivity contribution in [3.05, 3.63) is 66.0 Å². The van der Waals surface area contributed by atoms with E-state index in [1.807, 2.05) is 0 Å². The number of aliphatic imine (C=N–C) groups is 1. The van der Waals surface area contributed by atoms with Gasteiger partial charge in [-0.05, 0) is 17.7 Å². The van der Waals surface area contributed by atoms with E-state index in [4.69, 9.17) is 0 Å². The molecule has 0 bridgehead atoms. The van der Waals surface area contributed by atoms with Crippen LogP contribution >= 0.6 is 0 Å². The van der Waals surface area contributed by atoms with Gasteiger partial charge in [0.2, 0.25) is 0 Å². The molecule has 1 saturated heterocycles. The minimum Gasteiger partial charge on any atom is -0.354 e. The van der Waals surface area contributed by atoms with Crippen molar-refractivity contribution in [3.8, 4) is 0 Å². The largest absolute Gasteiger partial charge is 0.354 e. The zero-order valence-electron chi connectivity index (χ0n) is 16.3. The molecule has 1 aliphatic heterocycles. The van der Waals surface area contributed by atoms with Crippen LogP contribution < -0.4 is 10.6 Å². The molecular formula is C21H28N6O. The minimum absolute atomic E-state index is 0.112. The van der Waals surface area contributed by atoms with Gasteiger partial charge in [0, 0.05) is 65.3 Å². The molecule has 0 radical (unpaired) electrons. The van der Waals surface area contributed by atoms with Crippen molar-refractivity contribution in [1.29, 1.82) is 0 Å². The van der Waals surface area contributed by atoms with Gasteiger partial charge in [-0.25, -0.2) is 0 Å². The average Bonchev–Trinajstić information content (AvgIpc) is 2.76. The van der Waals surface area contributed by atoms with Gasteiger partial charge < -0.3 is 15.5 Å². The molecule has 1 aromatic heterocycles. The van der Waals surface area contributed by atoms with Crippen LogP contribution in [0.3, 0.4) is 0 Å². The number of pyridine rings is 1. The van der Waals surface area contributed by atoms with Crippen molar-refractivity contribution >= 4 is 11.9 Å². The number of benzene rings is 1. The highest BCUT2D eigenvalue weighted by molar-refractivity contribution is 5.93. The first-order valence-corrected chi connectivity index (χ1v) is 9.66. The van der Waals surface area contributed by atoms with E-state index in [-0.39, 0.29) is 5.91 Å². The maximum atomic E-state index is 12.0. The van der Waals surface area contributed by atoms with Crippen LogP contribution in [0, 0.1) is 0 Å². The van der Waals surface area contributed by atoms with E-state index in [0.29, 0.717) is 18.7 Å². The van der Waals surface area contributed by atoms with Gasteiger partial charge in [-0.1, -0.05) is 30.3 Å². The van der Waals surface area contributed by atoms with E-state index in [1.165, 1.54) is 5.56 Å². The standard InChI is InChI=1S/C21H28N6O/c1-22-21(25-11-10-24-20(28)19-8-5-9-23-16-19)27-14-12-26(13-15-27)17-18-6-3-2-4-7-18/h2-9,16H,10-15,17H2,1H3,(H,22,25)(H,24,28). The number of piperazine rings is 1. The Labute approximate surface area is 166 Å². The third-order valence-corrected chi connectivity index (χ3v) is 4.75. The maximum Gasteiger partial charge on any atom is 0.252 e. The summed E-state index contributed by atoms with van der Waals surface area (Å²) in [5, 5.41) is 6.23. The molecule has 1 amide bonds. The molecule has 1 aliphatic rings. The monoisotopic (exact) mass is 380 g/mol. The first-order chi connectivity index (χ1) is 13.8. The highest BCUT2D eigenvalue weighted by atomic mass is 16.1. The van der Waals surface area contributed by atoms with Crippen molar-refractivity contribution in [2.24, 2.45) is 4.99 Å². The quantitative estimate of drug-likeness (QED) is 0.448. The summed E-state index contributed by atoms with van der Waals surface area (Å²) in [5.41, 5.74) is 1.92. The van der Waals surface area contributed by atoms with Crippen LogP contribution in [0.1, 0.15) is 15.9 Å². The molecule has 2 N–H and O–H groups in total. The number of carbonyl (C=O) groups excluding carboxylic acids is 1. The Morgan fingerprint density at radius 3 is 2.46 bits per heavy atom. The van der Waals surface area contributed by atoms with Crippen LogP contribution in [0.15, 0.2) is 59.9 Å². The Balaban J connectivity index is 1.37. The zero-order chi connectivity index (χ0) is 19.6. The van der Waals surface area contributed by atoms with E-state index < -0.39 is 0 Å². The second-order valence-electron chi connectivity index (χ2n) is 6.72. The summed E-state index contributed by atoms with van der Waals surface area (Å²) in [6, 6.07) is 14.1. The first kappa shape index (κ1) is 19.8. The first-order valence-electron chi connectivity index (χ1n) is 9.66. The Morgan fingerprint density at radius 2 is 1.79 bits per heavy atom. The summed E-state index contributed by atoms with van der Waals surface area (Å²) in [6.07, 6.45) is 3.22. The molecule has 0 atom stereocenters. The van der Waals surface area contributed by atoms with Gasteiger partial charge in [-0.15, -0.1) is 0 Å². The molecule has 3 rings (SSSR count). The number of guanidine groups is 1. The normalized spacial score (nSPS) is 15.3. The van der Waals surface area contributed by atoms with Crippen LogP contribution in [0.25, 0.3) is 0 Å². The molecule has 1 aromatic carbocycles. The van der Waals surface area contributed by atoms with Crippen molar-refractivity contribution in [1.82, 2.24) is 25.4 Å². The second-order valence-corrected chi connectivity index (χ2v) is 6.72. The van der Waals surface area contributed by atoms with Gasteiger partial charge in [0.05, 0.1) is 5.56 Å². The number of rotatable bonds is 6. The molecule has 28 heavy (non-hydrogen) atoms. The van der Waals surface area contributed by atoms with Crippen LogP contribution in [0.4, 0.5) is 0 Å². The van der Waals surface area contributed by atoms with Crippen molar-refractivity contribution in [3.63, 3.8) is 0 Å². The van der Waals surface area contributed by atoms with E-state index in [0.717, 1.165) is 38.7 Å². The topological polar surface area (TPSA) is 72.9 Å². The molecule has 2 heterocycles. The molecule has 0 saturated carbocycles. The summed E-state index contributed by atoms with van der Waals surface area (Å²) < 4.78 is 0. The predicted octanol–water partition coefficient (Wildman–Crippen LogP) is 1.20. The molecule has 7 nitrogen and oxygen atoms in total. The highest BCUT2D eigenvalue weighted by Gasteiger charge is 2.19. The number of hydrogen-bond acceptors (Lipinski definition) is 4. The summed E-state index contributed by atoms with van der Waals surface area (Å²) >= 11 is 0. The Morgan fingerprint density at radius 1 is 1.04 bits per heavy atom. The third kappa shape index (κ3) is 5.79. The highest BCUT2D eigenvalue weighted by Crippen LogP contribution is 2.08. The van der Waals surface area contributed by atoms with E-state index in [1.54, 1.807) is 31.6 Å². The van der Waals surface area contributed by atoms with Crippen LogP contribution in [0.5, 0.6) is 0 Å². The van der Waals surface area contributed by atoms with Gasteiger partial charge in [0.25, 0.3) is 5.91 Å². The number of carbonyl (C=O) groups is 1. The summed E-state index contributed by atoms with van der Waals surface area (Å²) in [6.45, 7) is 6.04. The predicted molar refractivity (Wildman–Crippen MR) is 111 cm³/mol. The molecule has 2 aromatic rings. The van der Waals surface area contributed by atoms with Gasteiger partial charge in [0.1, 0.15) is 0 Å². The second kappa shape index (κ2) is 10.4. The Bertz CT molecular complexity index is 757. The number of nitrogens with one attached hydrogen (secondary N) is 2. The van der Waals surface area contributed by atoms with E-state index >= 15 is 0 Å². The molecule has 1 fully saturated rings. The summed E-state index contributed by atoms with van der Waals surface area (Å²) in [4.78, 5) is 25.1. The average molecular weight is 380 g/mol. The van der Waals surface area contributed by atoms with Gasteiger partial charge in [0.15, 0.2) is 5.96 Å². The van der Waals surface area contributed by atoms with Crippen molar-refractivity contribution in [2.75, 3.05) is 46.3 Å². The molecule has 0 spiro atoms. The Kier molecular flexibility index (Phi) is 7.37. The van der Waals surface area contributed by atoms with Crippen molar-refractivity contribution in [2.45, 2.75) is 6.54 Å². The fourth-order valence-electron chi connectivity index (χ4n) is 3.24. The number of amides is 1. The maximum absolute atomic E-state index is 12.0. The SMILES string of the molecule is CN=C(NCCNC(=O)c1cccnc1)N1CCN(Cc2ccccc2)CC1. The summed E-state index contributed by atoms with van der Waals surface area (Å²) in [7, 11) is 1.80. The lowest BCUT2D eigenvalue weighted by Crippen LogP contribution is -2.52. The molecule has 148 valence electrons. The van der Waals surface area contributed by atoms with Crippen LogP contribution in [-0.4, -0.2) is 73.0 Å². The number of aromatic nitrogens is 1. The van der Waals surface area contributed by atoms with Crippen molar-refractivity contribution < 1.29 is 4.79 Å². The van der Waals surface area contributed by atoms with Gasteiger partial charge >= 0.3 is 0 Å². The molecule has 0 aliphatic carbocycles. The lowest BCUT2D eigenvalue weighted by atomic mass is 10.2. The molecule has 0 unspecified atom stereocenters. The molecule has 7 heteroatoms. The smallest absolute Gasteiger partial charge is 0.252 e. The zero-order valence-corrected chi connectivity index (χ0v) is 16.3. The van der Waals surface area contributed by atoms with Crippen LogP contribution in [-0.2, 0) is 6.54 Å². The lowest BCUT2D eigenvalue weighted by molar-refractivity contribution is 0.0954. The number of nitrogens with zero attached hydrogens (tertiary/aromatic N) is 4. The fourth-order valence-corrected chi connectivity index (χ4v) is 3.24. The van der Waals surface area contributed by atoms with Gasteiger partial charge in [-0.2, -0.15) is 0 Å². The number of hydrogen-bond donors (Lipinski definition) is 2. The fraction of sp³-hybridized carbons (Fsp3) is 0.381. The third-order valence-electron chi connectivity index (χ3n) is 4.75. The lowest BCUT2D eigenvalue weighted by Gasteiger charge is -2.36. The molecular weight excluding hydrogens is 352 g/mol. The van der Waals surface area contributed by atoms with E-state index in [2.05, 4.69) is 60.7 Å². The van der Waals surface area contributed by atoms with Gasteiger partial charge in [-0.3, -0.25) is 19.7 Å². The van der Waals surface area contributed by atoms with E-state index in [9.17, 15) is 4.79 Å². The summed E-state index contributed by atoms with van der Waals surface area (Å²) in [5.74, 6) is 0.773.